The van der Waals surface area contributed by atoms with E-state index in [-0.39, 0.29) is 23.1 Å². The van der Waals surface area contributed by atoms with Crippen molar-refractivity contribution >= 4 is 17.6 Å². The van der Waals surface area contributed by atoms with Gasteiger partial charge < -0.3 is 15.2 Å². The van der Waals surface area contributed by atoms with Gasteiger partial charge >= 0.3 is 6.03 Å². The number of H-pyrrole nitrogens is 1. The number of benzene rings is 1. The van der Waals surface area contributed by atoms with Crippen LogP contribution in [0, 0.1) is 11.2 Å². The first kappa shape index (κ1) is 19.7. The SMILES string of the molecule is C=C(NC(=O)NCC)Nc1c(C(=N)c2cccc(F)c2)nc(-c2nn[nH]n2)n1C. The largest absolute Gasteiger partial charge is 0.338 e. The molecule has 11 nitrogen and oxygen atoms in total. The van der Waals surface area contributed by atoms with Crippen LogP contribution in [0.15, 0.2) is 36.7 Å². The number of nitrogens with one attached hydrogen (secondary N) is 5. The lowest BCUT2D eigenvalue weighted by Crippen LogP contribution is -2.36. The van der Waals surface area contributed by atoms with Crippen molar-refractivity contribution in [1.29, 1.82) is 5.41 Å². The summed E-state index contributed by atoms with van der Waals surface area (Å²) < 4.78 is 15.2. The second-order valence-electron chi connectivity index (χ2n) is 5.90. The summed E-state index contributed by atoms with van der Waals surface area (Å²) in [5.41, 5.74) is 0.480. The van der Waals surface area contributed by atoms with Crippen molar-refractivity contribution in [3.05, 3.63) is 53.7 Å². The molecule has 0 aliphatic carbocycles. The number of aromatic nitrogens is 6. The van der Waals surface area contributed by atoms with Gasteiger partial charge in [0, 0.05) is 19.2 Å². The number of halogens is 1. The van der Waals surface area contributed by atoms with Gasteiger partial charge in [0.15, 0.2) is 5.82 Å². The number of amides is 2. The molecule has 3 aromatic rings. The van der Waals surface area contributed by atoms with Gasteiger partial charge in [-0.3, -0.25) is 10.7 Å². The molecule has 2 aromatic heterocycles. The fraction of sp³-hybridized carbons (Fsp3) is 0.176. The maximum absolute atomic E-state index is 13.6. The van der Waals surface area contributed by atoms with Gasteiger partial charge in [0.25, 0.3) is 0 Å². The Morgan fingerprint density at radius 3 is 2.86 bits per heavy atom. The Hall–Kier alpha value is -4.09. The third kappa shape index (κ3) is 4.26. The van der Waals surface area contributed by atoms with E-state index in [4.69, 9.17) is 5.41 Å². The number of hydrogen-bond acceptors (Lipinski definition) is 7. The van der Waals surface area contributed by atoms with Crippen LogP contribution in [-0.4, -0.2) is 48.5 Å². The van der Waals surface area contributed by atoms with Gasteiger partial charge in [-0.1, -0.05) is 18.7 Å². The average Bonchev–Trinajstić information content (AvgIpc) is 3.30. The van der Waals surface area contributed by atoms with E-state index in [9.17, 15) is 9.18 Å². The lowest BCUT2D eigenvalue weighted by Gasteiger charge is -2.14. The van der Waals surface area contributed by atoms with Crippen molar-refractivity contribution in [3.63, 3.8) is 0 Å². The van der Waals surface area contributed by atoms with E-state index in [0.29, 0.717) is 23.8 Å². The number of tetrazole rings is 1. The minimum atomic E-state index is -0.474. The summed E-state index contributed by atoms with van der Waals surface area (Å²) in [4.78, 5) is 16.2. The normalized spacial score (nSPS) is 10.4. The molecule has 2 heterocycles. The average molecular weight is 398 g/mol. The van der Waals surface area contributed by atoms with E-state index < -0.39 is 11.8 Å². The zero-order valence-corrected chi connectivity index (χ0v) is 15.7. The Kier molecular flexibility index (Phi) is 5.62. The molecular formula is C17H19FN10O. The quantitative estimate of drug-likeness (QED) is 0.379. The molecule has 0 aliphatic heterocycles. The lowest BCUT2D eigenvalue weighted by molar-refractivity contribution is 0.244. The van der Waals surface area contributed by atoms with E-state index >= 15 is 0 Å². The highest BCUT2D eigenvalue weighted by Gasteiger charge is 2.23. The van der Waals surface area contributed by atoms with Gasteiger partial charge in [0.05, 0.1) is 5.71 Å². The molecule has 0 spiro atoms. The van der Waals surface area contributed by atoms with Crippen LogP contribution < -0.4 is 16.0 Å². The zero-order chi connectivity index (χ0) is 21.0. The summed E-state index contributed by atoms with van der Waals surface area (Å²) in [7, 11) is 1.67. The fourth-order valence-corrected chi connectivity index (χ4v) is 2.57. The predicted octanol–water partition coefficient (Wildman–Crippen LogP) is 1.36. The molecule has 2 amide bonds. The maximum Gasteiger partial charge on any atom is 0.320 e. The van der Waals surface area contributed by atoms with Crippen molar-refractivity contribution in [2.45, 2.75) is 6.92 Å². The van der Waals surface area contributed by atoms with Crippen LogP contribution in [0.1, 0.15) is 18.2 Å². The number of anilines is 1. The second-order valence-corrected chi connectivity index (χ2v) is 5.90. The molecule has 0 saturated carbocycles. The van der Waals surface area contributed by atoms with E-state index in [1.54, 1.807) is 24.6 Å². The molecule has 29 heavy (non-hydrogen) atoms. The van der Waals surface area contributed by atoms with Crippen molar-refractivity contribution in [2.75, 3.05) is 11.9 Å². The lowest BCUT2D eigenvalue weighted by atomic mass is 10.1. The van der Waals surface area contributed by atoms with Crippen molar-refractivity contribution in [1.82, 2.24) is 40.8 Å². The molecule has 0 fully saturated rings. The van der Waals surface area contributed by atoms with Crippen LogP contribution in [0.3, 0.4) is 0 Å². The second kappa shape index (κ2) is 8.29. The highest BCUT2D eigenvalue weighted by molar-refractivity contribution is 6.13. The van der Waals surface area contributed by atoms with Crippen molar-refractivity contribution < 1.29 is 9.18 Å². The molecule has 12 heteroatoms. The fourth-order valence-electron chi connectivity index (χ4n) is 2.57. The van der Waals surface area contributed by atoms with Gasteiger partial charge in [0.1, 0.15) is 23.1 Å². The summed E-state index contributed by atoms with van der Waals surface area (Å²) in [5.74, 6) is 0.533. The molecule has 5 N–H and O–H groups in total. The van der Waals surface area contributed by atoms with Crippen LogP contribution in [0.2, 0.25) is 0 Å². The standard InChI is InChI=1S/C17H19FN10O/c1-4-20-17(29)22-9(2)21-15-13(12(19)10-6-5-7-11(18)8-10)23-16(28(15)3)14-24-26-27-25-14/h5-8,19,21H,2,4H2,1,3H3,(H2,20,22,29)(H,24,25,26,27). The van der Waals surface area contributed by atoms with Gasteiger partial charge in [-0.25, -0.2) is 14.2 Å². The first-order chi connectivity index (χ1) is 13.9. The Bertz CT molecular complexity index is 1060. The highest BCUT2D eigenvalue weighted by Crippen LogP contribution is 2.25. The predicted molar refractivity (Wildman–Crippen MR) is 104 cm³/mol. The van der Waals surface area contributed by atoms with Gasteiger partial charge in [0.2, 0.25) is 5.82 Å². The summed E-state index contributed by atoms with van der Waals surface area (Å²) >= 11 is 0. The molecule has 0 radical (unpaired) electrons. The summed E-state index contributed by atoms with van der Waals surface area (Å²) in [5, 5.41) is 30.3. The summed E-state index contributed by atoms with van der Waals surface area (Å²) in [6.07, 6.45) is 0. The Labute approximate surface area is 164 Å². The number of carbonyl (C=O) groups is 1. The van der Waals surface area contributed by atoms with E-state index in [0.717, 1.165) is 0 Å². The number of urea groups is 1. The Morgan fingerprint density at radius 2 is 2.21 bits per heavy atom. The van der Waals surface area contributed by atoms with Crippen LogP contribution in [0.4, 0.5) is 15.0 Å². The number of nitrogens with zero attached hydrogens (tertiary/aromatic N) is 5. The number of rotatable bonds is 7. The third-order valence-electron chi connectivity index (χ3n) is 3.86. The molecule has 3 rings (SSSR count). The number of aromatic amines is 1. The Balaban J connectivity index is 2.00. The number of carbonyl (C=O) groups excluding carboxylic acids is 1. The van der Waals surface area contributed by atoms with Crippen LogP contribution >= 0.6 is 0 Å². The smallest absolute Gasteiger partial charge is 0.320 e. The topological polar surface area (TPSA) is 149 Å². The first-order valence-electron chi connectivity index (χ1n) is 8.56. The molecule has 0 atom stereocenters. The first-order valence-corrected chi connectivity index (χ1v) is 8.56. The zero-order valence-electron chi connectivity index (χ0n) is 15.7. The van der Waals surface area contributed by atoms with E-state index in [1.807, 2.05) is 0 Å². The van der Waals surface area contributed by atoms with Gasteiger partial charge in [-0.05, 0) is 24.3 Å². The summed E-state index contributed by atoms with van der Waals surface area (Å²) in [6, 6.07) is 5.19. The minimum absolute atomic E-state index is 0.0387. The van der Waals surface area contributed by atoms with Crippen LogP contribution in [-0.2, 0) is 7.05 Å². The monoisotopic (exact) mass is 398 g/mol. The molecule has 150 valence electrons. The third-order valence-corrected chi connectivity index (χ3v) is 3.86. The molecular weight excluding hydrogens is 379 g/mol. The molecule has 0 unspecified atom stereocenters. The van der Waals surface area contributed by atoms with Crippen molar-refractivity contribution in [3.8, 4) is 11.6 Å². The highest BCUT2D eigenvalue weighted by atomic mass is 19.1. The van der Waals surface area contributed by atoms with E-state index in [1.165, 1.54) is 18.2 Å². The van der Waals surface area contributed by atoms with Crippen LogP contribution in [0.25, 0.3) is 11.6 Å². The molecule has 0 bridgehead atoms. The number of hydrogen-bond donors (Lipinski definition) is 5. The summed E-state index contributed by atoms with van der Waals surface area (Å²) in [6.45, 7) is 6.00. The Morgan fingerprint density at radius 1 is 1.41 bits per heavy atom. The van der Waals surface area contributed by atoms with Crippen molar-refractivity contribution in [2.24, 2.45) is 7.05 Å². The van der Waals surface area contributed by atoms with Gasteiger partial charge in [-0.2, -0.15) is 5.21 Å². The van der Waals surface area contributed by atoms with Gasteiger partial charge in [-0.15, -0.1) is 10.2 Å². The molecule has 1 aromatic carbocycles. The van der Waals surface area contributed by atoms with Crippen LogP contribution in [0.5, 0.6) is 0 Å². The number of imidazole rings is 1. The molecule has 0 saturated heterocycles. The molecule has 0 aliphatic rings. The minimum Gasteiger partial charge on any atom is -0.338 e. The maximum atomic E-state index is 13.6. The van der Waals surface area contributed by atoms with E-state index in [2.05, 4.69) is 48.1 Å².